The normalized spacial score (nSPS) is 19.8. The SMILES string of the molecule is O=C(CN/N=C1\CNCCN1)C(F)(F)F. The molecule has 1 rings (SSSR count). The Balaban J connectivity index is 2.28. The van der Waals surface area contributed by atoms with E-state index in [2.05, 4.69) is 21.2 Å². The van der Waals surface area contributed by atoms with Crippen molar-refractivity contribution in [1.82, 2.24) is 16.1 Å². The van der Waals surface area contributed by atoms with Crippen LogP contribution in [0.15, 0.2) is 5.10 Å². The molecule has 0 aromatic heterocycles. The smallest absolute Gasteiger partial charge is 0.370 e. The van der Waals surface area contributed by atoms with Crippen LogP contribution in [0.25, 0.3) is 0 Å². The number of carbonyl (C=O) groups excluding carboxylic acids is 1. The van der Waals surface area contributed by atoms with Crippen LogP contribution in [0.5, 0.6) is 0 Å². The molecule has 0 aromatic rings. The fourth-order valence-corrected chi connectivity index (χ4v) is 0.951. The number of rotatable bonds is 3. The lowest BCUT2D eigenvalue weighted by molar-refractivity contribution is -0.169. The van der Waals surface area contributed by atoms with Crippen molar-refractivity contribution in [3.8, 4) is 0 Å². The topological polar surface area (TPSA) is 65.5 Å². The van der Waals surface area contributed by atoms with Crippen molar-refractivity contribution in [2.45, 2.75) is 6.18 Å². The first kappa shape index (κ1) is 11.8. The number of hydrogen-bond acceptors (Lipinski definition) is 4. The number of nitrogens with zero attached hydrogens (tertiary/aromatic N) is 1. The summed E-state index contributed by atoms with van der Waals surface area (Å²) in [6.45, 7) is 1.05. The molecule has 1 fully saturated rings. The number of hydrogen-bond donors (Lipinski definition) is 3. The summed E-state index contributed by atoms with van der Waals surface area (Å²) in [5.74, 6) is -1.34. The second-order valence-electron chi connectivity index (χ2n) is 2.92. The molecule has 1 saturated heterocycles. The van der Waals surface area contributed by atoms with E-state index in [-0.39, 0.29) is 0 Å². The zero-order chi connectivity index (χ0) is 11.3. The van der Waals surface area contributed by atoms with Gasteiger partial charge < -0.3 is 16.1 Å². The summed E-state index contributed by atoms with van der Waals surface area (Å²) in [5.41, 5.74) is 2.08. The Bertz CT molecular complexity index is 255. The van der Waals surface area contributed by atoms with E-state index >= 15 is 0 Å². The minimum absolute atomic E-state index is 0.452. The molecule has 0 saturated carbocycles. The van der Waals surface area contributed by atoms with Crippen LogP contribution in [-0.2, 0) is 4.79 Å². The second-order valence-corrected chi connectivity index (χ2v) is 2.92. The molecule has 1 aliphatic rings. The van der Waals surface area contributed by atoms with Gasteiger partial charge in [0.05, 0.1) is 6.54 Å². The molecule has 0 atom stereocenters. The first-order valence-electron chi connectivity index (χ1n) is 4.34. The van der Waals surface area contributed by atoms with Crippen molar-refractivity contribution >= 4 is 11.6 Å². The molecular formula is C7H11F3N4O. The third-order valence-electron chi connectivity index (χ3n) is 1.69. The van der Waals surface area contributed by atoms with Crippen molar-refractivity contribution in [1.29, 1.82) is 0 Å². The van der Waals surface area contributed by atoms with Gasteiger partial charge in [0.1, 0.15) is 12.4 Å². The number of ketones is 1. The Morgan fingerprint density at radius 1 is 1.47 bits per heavy atom. The highest BCUT2D eigenvalue weighted by Gasteiger charge is 2.37. The molecule has 0 aromatic carbocycles. The van der Waals surface area contributed by atoms with Gasteiger partial charge in [0.25, 0.3) is 5.78 Å². The first-order chi connectivity index (χ1) is 7.00. The van der Waals surface area contributed by atoms with Crippen molar-refractivity contribution < 1.29 is 18.0 Å². The van der Waals surface area contributed by atoms with Crippen molar-refractivity contribution in [2.24, 2.45) is 5.10 Å². The predicted molar refractivity (Wildman–Crippen MR) is 47.4 cm³/mol. The lowest BCUT2D eigenvalue weighted by Crippen LogP contribution is -2.46. The molecule has 0 unspecified atom stereocenters. The minimum Gasteiger partial charge on any atom is -0.370 e. The van der Waals surface area contributed by atoms with Crippen LogP contribution in [-0.4, -0.2) is 44.0 Å². The van der Waals surface area contributed by atoms with Crippen LogP contribution in [0.1, 0.15) is 0 Å². The van der Waals surface area contributed by atoms with Gasteiger partial charge in [0.2, 0.25) is 0 Å². The van der Waals surface area contributed by atoms with Gasteiger partial charge >= 0.3 is 6.18 Å². The van der Waals surface area contributed by atoms with Crippen molar-refractivity contribution in [2.75, 3.05) is 26.2 Å². The van der Waals surface area contributed by atoms with E-state index in [9.17, 15) is 18.0 Å². The Morgan fingerprint density at radius 2 is 2.20 bits per heavy atom. The molecule has 1 aliphatic heterocycles. The second kappa shape index (κ2) is 4.96. The van der Waals surface area contributed by atoms with Crippen LogP contribution in [0.4, 0.5) is 13.2 Å². The Morgan fingerprint density at radius 3 is 2.73 bits per heavy atom. The molecule has 0 bridgehead atoms. The summed E-state index contributed by atoms with van der Waals surface area (Å²) < 4.78 is 35.2. The number of halogens is 3. The van der Waals surface area contributed by atoms with E-state index in [0.717, 1.165) is 6.54 Å². The van der Waals surface area contributed by atoms with Crippen LogP contribution in [0, 0.1) is 0 Å². The zero-order valence-electron chi connectivity index (χ0n) is 7.82. The maximum Gasteiger partial charge on any atom is 0.451 e. The molecule has 86 valence electrons. The third kappa shape index (κ3) is 4.15. The third-order valence-corrected chi connectivity index (χ3v) is 1.69. The van der Waals surface area contributed by atoms with Crippen LogP contribution in [0.2, 0.25) is 0 Å². The largest absolute Gasteiger partial charge is 0.451 e. The number of hydrazone groups is 1. The maximum absolute atomic E-state index is 11.7. The van der Waals surface area contributed by atoms with E-state index in [1.165, 1.54) is 0 Å². The van der Waals surface area contributed by atoms with Crippen molar-refractivity contribution in [3.05, 3.63) is 0 Å². The Labute approximate surface area is 84.1 Å². The number of Topliss-reactive ketones (excluding diaryl/α,β-unsaturated/α-hetero) is 1. The van der Waals surface area contributed by atoms with E-state index in [1.807, 2.05) is 0 Å². The standard InChI is InChI=1S/C7H11F3N4O/c8-7(9,10)5(15)3-13-14-6-4-11-1-2-12-6/h11,13H,1-4H2,(H,12,14). The fraction of sp³-hybridized carbons (Fsp3) is 0.714. The fourth-order valence-electron chi connectivity index (χ4n) is 0.951. The van der Waals surface area contributed by atoms with E-state index < -0.39 is 18.5 Å². The minimum atomic E-state index is -4.80. The number of carbonyl (C=O) groups is 1. The zero-order valence-corrected chi connectivity index (χ0v) is 7.82. The van der Waals surface area contributed by atoms with Crippen LogP contribution < -0.4 is 16.1 Å². The molecule has 5 nitrogen and oxygen atoms in total. The van der Waals surface area contributed by atoms with Gasteiger partial charge in [0.15, 0.2) is 0 Å². The maximum atomic E-state index is 11.7. The van der Waals surface area contributed by atoms with E-state index in [1.54, 1.807) is 0 Å². The molecular weight excluding hydrogens is 213 g/mol. The summed E-state index contributed by atoms with van der Waals surface area (Å²) in [7, 11) is 0. The highest BCUT2D eigenvalue weighted by molar-refractivity contribution is 5.87. The summed E-state index contributed by atoms with van der Waals surface area (Å²) >= 11 is 0. The molecule has 0 radical (unpaired) electrons. The Kier molecular flexibility index (Phi) is 3.89. The van der Waals surface area contributed by atoms with Gasteiger partial charge in [-0.15, -0.1) is 0 Å². The van der Waals surface area contributed by atoms with Gasteiger partial charge in [-0.2, -0.15) is 18.3 Å². The molecule has 15 heavy (non-hydrogen) atoms. The van der Waals surface area contributed by atoms with Crippen LogP contribution in [0.3, 0.4) is 0 Å². The molecule has 0 spiro atoms. The first-order valence-corrected chi connectivity index (χ1v) is 4.34. The quantitative estimate of drug-likeness (QED) is 0.550. The van der Waals surface area contributed by atoms with Crippen molar-refractivity contribution in [3.63, 3.8) is 0 Å². The summed E-state index contributed by atoms with van der Waals surface area (Å²) in [4.78, 5) is 10.4. The Hall–Kier alpha value is -1.31. The average molecular weight is 224 g/mol. The molecule has 0 amide bonds. The van der Waals surface area contributed by atoms with Gasteiger partial charge in [-0.25, -0.2) is 0 Å². The monoisotopic (exact) mass is 224 g/mol. The number of nitrogens with one attached hydrogen (secondary N) is 3. The lowest BCUT2D eigenvalue weighted by Gasteiger charge is -2.16. The van der Waals surface area contributed by atoms with Gasteiger partial charge in [-0.05, 0) is 0 Å². The van der Waals surface area contributed by atoms with E-state index in [4.69, 9.17) is 0 Å². The molecule has 1 heterocycles. The highest BCUT2D eigenvalue weighted by Crippen LogP contribution is 2.14. The average Bonchev–Trinajstić information content (AvgIpc) is 2.18. The summed E-state index contributed by atoms with van der Waals surface area (Å²) in [6, 6.07) is 0. The summed E-state index contributed by atoms with van der Waals surface area (Å²) in [6.07, 6.45) is -4.80. The van der Waals surface area contributed by atoms with Gasteiger partial charge in [-0.1, -0.05) is 0 Å². The number of piperazine rings is 1. The van der Waals surface area contributed by atoms with E-state index in [0.29, 0.717) is 18.9 Å². The summed E-state index contributed by atoms with van der Waals surface area (Å²) in [5, 5.41) is 9.44. The molecule has 0 aliphatic carbocycles. The van der Waals surface area contributed by atoms with Gasteiger partial charge in [-0.3, -0.25) is 4.79 Å². The number of alkyl halides is 3. The lowest BCUT2D eigenvalue weighted by atomic mass is 10.4. The van der Waals surface area contributed by atoms with Gasteiger partial charge in [0, 0.05) is 13.1 Å². The molecule has 3 N–H and O–H groups in total. The number of amidine groups is 1. The highest BCUT2D eigenvalue weighted by atomic mass is 19.4. The van der Waals surface area contributed by atoms with Crippen LogP contribution >= 0.6 is 0 Å². The predicted octanol–water partition coefficient (Wildman–Crippen LogP) is -0.786. The molecule has 8 heteroatoms.